The zero-order chi connectivity index (χ0) is 23.2. The molecule has 166 valence electrons. The van der Waals surface area contributed by atoms with Crippen LogP contribution in [-0.2, 0) is 20.2 Å². The number of carbonyl (C=O) groups excluding carboxylic acids is 1. The van der Waals surface area contributed by atoms with Gasteiger partial charge in [0.1, 0.15) is 6.54 Å². The van der Waals surface area contributed by atoms with Gasteiger partial charge in [-0.1, -0.05) is 50.2 Å². The molecule has 1 amide bonds. The van der Waals surface area contributed by atoms with Crippen LogP contribution in [0.15, 0.2) is 59.7 Å². The number of hydrazone groups is 1. The molecule has 0 aliphatic carbocycles. The van der Waals surface area contributed by atoms with E-state index >= 15 is 0 Å². The lowest BCUT2D eigenvalue weighted by atomic mass is 9.80. The van der Waals surface area contributed by atoms with E-state index in [9.17, 15) is 23.3 Å². The number of nitro benzene ring substituents is 1. The first-order valence-corrected chi connectivity index (χ1v) is 11.3. The molecule has 2 rings (SSSR count). The maximum absolute atomic E-state index is 12.4. The van der Waals surface area contributed by atoms with Crippen LogP contribution >= 0.6 is 0 Å². The third-order valence-electron chi connectivity index (χ3n) is 4.64. The summed E-state index contributed by atoms with van der Waals surface area (Å²) in [6.07, 6.45) is 1.51. The normalized spacial score (nSPS) is 12.3. The van der Waals surface area contributed by atoms with Gasteiger partial charge in [0, 0.05) is 17.8 Å². The maximum atomic E-state index is 12.4. The first-order chi connectivity index (χ1) is 14.4. The molecule has 31 heavy (non-hydrogen) atoms. The van der Waals surface area contributed by atoms with E-state index in [1.165, 1.54) is 18.2 Å². The molecule has 0 aromatic heterocycles. The van der Waals surface area contributed by atoms with Gasteiger partial charge in [0.05, 0.1) is 16.9 Å². The van der Waals surface area contributed by atoms with Crippen LogP contribution < -0.4 is 9.73 Å². The number of nitro groups is 1. The second-order valence-corrected chi connectivity index (χ2v) is 9.76. The molecule has 2 aromatic rings. The minimum Gasteiger partial charge on any atom is -0.271 e. The molecule has 0 saturated carbocycles. The molecule has 0 fully saturated rings. The van der Waals surface area contributed by atoms with Crippen molar-refractivity contribution in [3.63, 3.8) is 0 Å². The Morgan fingerprint density at radius 3 is 2.39 bits per heavy atom. The number of hydrogen-bond acceptors (Lipinski definition) is 6. The van der Waals surface area contributed by atoms with Crippen LogP contribution in [0.25, 0.3) is 0 Å². The molecule has 0 unspecified atom stereocenters. The topological polar surface area (TPSA) is 122 Å². The van der Waals surface area contributed by atoms with Crippen molar-refractivity contribution >= 4 is 33.0 Å². The van der Waals surface area contributed by atoms with Gasteiger partial charge < -0.3 is 0 Å². The van der Waals surface area contributed by atoms with Gasteiger partial charge in [0.15, 0.2) is 0 Å². The lowest BCUT2D eigenvalue weighted by Gasteiger charge is -2.25. The number of hydrogen-bond donors (Lipinski definition) is 1. The van der Waals surface area contributed by atoms with Gasteiger partial charge in [-0.05, 0) is 30.4 Å². The second kappa shape index (κ2) is 9.69. The molecule has 1 N–H and O–H groups in total. The quantitative estimate of drug-likeness (QED) is 0.360. The predicted molar refractivity (Wildman–Crippen MR) is 121 cm³/mol. The smallest absolute Gasteiger partial charge is 0.271 e. The van der Waals surface area contributed by atoms with Crippen molar-refractivity contribution in [2.45, 2.75) is 32.6 Å². The highest BCUT2D eigenvalue weighted by Gasteiger charge is 2.24. The maximum Gasteiger partial charge on any atom is 0.271 e. The Labute approximate surface area is 182 Å². The van der Waals surface area contributed by atoms with E-state index in [-0.39, 0.29) is 16.8 Å². The molecule has 0 bridgehead atoms. The molecular formula is C21H26N4O5S. The van der Waals surface area contributed by atoms with Crippen molar-refractivity contribution in [3.8, 4) is 0 Å². The molecule has 0 aliphatic rings. The summed E-state index contributed by atoms with van der Waals surface area (Å²) in [5.41, 5.74) is 3.72. The highest BCUT2D eigenvalue weighted by Crippen LogP contribution is 2.27. The van der Waals surface area contributed by atoms with E-state index in [0.29, 0.717) is 12.1 Å². The van der Waals surface area contributed by atoms with Crippen molar-refractivity contribution in [2.75, 3.05) is 17.1 Å². The van der Waals surface area contributed by atoms with Crippen molar-refractivity contribution in [1.29, 1.82) is 0 Å². The molecule has 0 atom stereocenters. The standard InChI is InChI=1S/C21H26N4O5S/c1-16(14-21(2,3)17-9-6-5-7-10-17)22-23-20(26)15-24(31(4,29)30)18-11-8-12-19(13-18)25(27)28/h5-13H,14-15H2,1-4H3,(H,23,26)/b22-16-. The minimum atomic E-state index is -3.86. The van der Waals surface area contributed by atoms with Crippen LogP contribution in [0.3, 0.4) is 0 Å². The largest absolute Gasteiger partial charge is 0.271 e. The molecule has 0 spiro atoms. The lowest BCUT2D eigenvalue weighted by Crippen LogP contribution is -2.39. The molecule has 0 radical (unpaired) electrons. The number of non-ortho nitro benzene ring substituents is 1. The molecular weight excluding hydrogens is 420 g/mol. The number of nitrogens with zero attached hydrogens (tertiary/aromatic N) is 3. The third kappa shape index (κ3) is 6.88. The summed E-state index contributed by atoms with van der Waals surface area (Å²) in [6, 6.07) is 15.0. The van der Waals surface area contributed by atoms with Crippen molar-refractivity contribution < 1.29 is 18.1 Å². The summed E-state index contributed by atoms with van der Waals surface area (Å²) in [6.45, 7) is 5.35. The Kier molecular flexibility index (Phi) is 7.50. The van der Waals surface area contributed by atoms with Gasteiger partial charge in [-0.15, -0.1) is 0 Å². The van der Waals surface area contributed by atoms with Crippen LogP contribution in [0.5, 0.6) is 0 Å². The van der Waals surface area contributed by atoms with E-state index in [4.69, 9.17) is 0 Å². The number of rotatable bonds is 9. The number of anilines is 1. The molecule has 0 aliphatic heterocycles. The summed E-state index contributed by atoms with van der Waals surface area (Å²) >= 11 is 0. The van der Waals surface area contributed by atoms with Crippen molar-refractivity contribution in [2.24, 2.45) is 5.10 Å². The number of benzene rings is 2. The third-order valence-corrected chi connectivity index (χ3v) is 5.78. The zero-order valence-electron chi connectivity index (χ0n) is 17.9. The van der Waals surface area contributed by atoms with Gasteiger partial charge >= 0.3 is 0 Å². The van der Waals surface area contributed by atoms with E-state index in [1.54, 1.807) is 6.92 Å². The van der Waals surface area contributed by atoms with Crippen LogP contribution in [0, 0.1) is 10.1 Å². The van der Waals surface area contributed by atoms with Gasteiger partial charge in [-0.3, -0.25) is 19.2 Å². The first kappa shape index (κ1) is 24.0. The number of carbonyl (C=O) groups is 1. The summed E-state index contributed by atoms with van der Waals surface area (Å²) in [5, 5.41) is 15.1. The molecule has 2 aromatic carbocycles. The number of sulfonamides is 1. The first-order valence-electron chi connectivity index (χ1n) is 9.50. The fourth-order valence-electron chi connectivity index (χ4n) is 3.16. The fourth-order valence-corrected chi connectivity index (χ4v) is 4.00. The van der Waals surface area contributed by atoms with Gasteiger partial charge in [-0.25, -0.2) is 13.8 Å². The Morgan fingerprint density at radius 2 is 1.81 bits per heavy atom. The molecule has 9 nitrogen and oxygen atoms in total. The van der Waals surface area contributed by atoms with Crippen LogP contribution in [-0.4, -0.2) is 37.8 Å². The van der Waals surface area contributed by atoms with E-state index < -0.39 is 27.4 Å². The average Bonchev–Trinajstić information content (AvgIpc) is 2.70. The highest BCUT2D eigenvalue weighted by atomic mass is 32.2. The summed E-state index contributed by atoms with van der Waals surface area (Å²) in [7, 11) is -3.86. The summed E-state index contributed by atoms with van der Waals surface area (Å²) in [5.74, 6) is -0.659. The predicted octanol–water partition coefficient (Wildman–Crippen LogP) is 3.22. The Bertz CT molecular complexity index is 1080. The Hall–Kier alpha value is -3.27. The zero-order valence-corrected chi connectivity index (χ0v) is 18.7. The van der Waals surface area contributed by atoms with Crippen LogP contribution in [0.2, 0.25) is 0 Å². The van der Waals surface area contributed by atoms with Gasteiger partial charge in [0.2, 0.25) is 10.0 Å². The van der Waals surface area contributed by atoms with E-state index in [1.807, 2.05) is 30.3 Å². The van der Waals surface area contributed by atoms with Crippen molar-refractivity contribution in [1.82, 2.24) is 5.43 Å². The van der Waals surface area contributed by atoms with Gasteiger partial charge in [0.25, 0.3) is 11.6 Å². The Morgan fingerprint density at radius 1 is 1.16 bits per heavy atom. The molecule has 10 heteroatoms. The summed E-state index contributed by atoms with van der Waals surface area (Å²) < 4.78 is 25.1. The SMILES string of the molecule is C/C(CC(C)(C)c1ccccc1)=N/NC(=O)CN(c1cccc([N+](=O)[O-])c1)S(C)(=O)=O. The number of nitrogens with one attached hydrogen (secondary N) is 1. The minimum absolute atomic E-state index is 0.0257. The Balaban J connectivity index is 2.11. The lowest BCUT2D eigenvalue weighted by molar-refractivity contribution is -0.384. The van der Waals surface area contributed by atoms with Crippen LogP contribution in [0.4, 0.5) is 11.4 Å². The second-order valence-electron chi connectivity index (χ2n) is 7.86. The summed E-state index contributed by atoms with van der Waals surface area (Å²) in [4.78, 5) is 22.7. The van der Waals surface area contributed by atoms with E-state index in [0.717, 1.165) is 22.2 Å². The van der Waals surface area contributed by atoms with Gasteiger partial charge in [-0.2, -0.15) is 5.10 Å². The van der Waals surface area contributed by atoms with Crippen molar-refractivity contribution in [3.05, 3.63) is 70.3 Å². The van der Waals surface area contributed by atoms with E-state index in [2.05, 4.69) is 24.4 Å². The fraction of sp³-hybridized carbons (Fsp3) is 0.333. The molecule has 0 heterocycles. The number of amides is 1. The monoisotopic (exact) mass is 446 g/mol. The van der Waals surface area contributed by atoms with Crippen LogP contribution in [0.1, 0.15) is 32.8 Å². The average molecular weight is 447 g/mol. The highest BCUT2D eigenvalue weighted by molar-refractivity contribution is 7.92. The molecule has 0 saturated heterocycles.